The number of fused-ring (bicyclic) bond motifs is 1. The number of piperazine rings is 1. The van der Waals surface area contributed by atoms with Crippen LogP contribution < -0.4 is 19.7 Å². The molecule has 1 aliphatic heterocycles. The molecule has 9 nitrogen and oxygen atoms in total. The lowest BCUT2D eigenvalue weighted by molar-refractivity contribution is 0.145. The van der Waals surface area contributed by atoms with E-state index >= 15 is 4.39 Å². The molecule has 0 saturated carbocycles. The van der Waals surface area contributed by atoms with Gasteiger partial charge in [-0.15, -0.1) is 0 Å². The molecule has 1 amide bonds. The van der Waals surface area contributed by atoms with Crippen LogP contribution in [-0.4, -0.2) is 72.2 Å². The van der Waals surface area contributed by atoms with E-state index in [1.807, 2.05) is 74.5 Å². The normalized spacial score (nSPS) is 13.8. The Morgan fingerprint density at radius 1 is 0.915 bits per heavy atom. The molecule has 10 heteroatoms. The largest absolute Gasteiger partial charge is 0.490 e. The summed E-state index contributed by atoms with van der Waals surface area (Å²) in [6.07, 6.45) is 1.74. The Balaban J connectivity index is 1.19. The van der Waals surface area contributed by atoms with E-state index in [0.29, 0.717) is 23.7 Å². The number of amides is 1. The quantitative estimate of drug-likeness (QED) is 0.158. The Morgan fingerprint density at radius 3 is 2.45 bits per heavy atom. The Bertz CT molecular complexity index is 1840. The highest BCUT2D eigenvalue weighted by Crippen LogP contribution is 2.31. The third-order valence-corrected chi connectivity index (χ3v) is 8.30. The van der Waals surface area contributed by atoms with E-state index in [9.17, 15) is 4.79 Å². The molecule has 1 aliphatic rings. The van der Waals surface area contributed by atoms with Gasteiger partial charge in [0.25, 0.3) is 0 Å². The van der Waals surface area contributed by atoms with Gasteiger partial charge in [0.15, 0.2) is 11.6 Å². The second kappa shape index (κ2) is 14.6. The Labute approximate surface area is 274 Å². The first-order valence-electron chi connectivity index (χ1n) is 15.8. The highest BCUT2D eigenvalue weighted by atomic mass is 19.1. The molecule has 5 aromatic rings. The van der Waals surface area contributed by atoms with Gasteiger partial charge in [-0.3, -0.25) is 0 Å². The van der Waals surface area contributed by atoms with Crippen LogP contribution in [0.5, 0.6) is 11.5 Å². The SMILES string of the molecule is Cc1cccc(C)c1OC(=O)N(c1ccc2ccccc2c1)c1ccnc(Nc2ccc(OCCCN3CCN(C)CC3)c(F)c2)n1. The van der Waals surface area contributed by atoms with Crippen molar-refractivity contribution in [1.82, 2.24) is 19.8 Å². The molecular formula is C37H39FN6O3. The van der Waals surface area contributed by atoms with Crippen molar-refractivity contribution in [3.63, 3.8) is 0 Å². The smallest absolute Gasteiger partial charge is 0.425 e. The summed E-state index contributed by atoms with van der Waals surface area (Å²) in [5.74, 6) is 0.678. The summed E-state index contributed by atoms with van der Waals surface area (Å²) in [6, 6.07) is 25.6. The van der Waals surface area contributed by atoms with Crippen LogP contribution in [0, 0.1) is 19.7 Å². The van der Waals surface area contributed by atoms with Crippen molar-refractivity contribution in [2.75, 3.05) is 56.6 Å². The van der Waals surface area contributed by atoms with Gasteiger partial charge in [-0.1, -0.05) is 48.5 Å². The number of benzene rings is 4. The number of halogens is 1. The molecule has 0 atom stereocenters. The lowest BCUT2D eigenvalue weighted by atomic mass is 10.1. The number of nitrogens with zero attached hydrogens (tertiary/aromatic N) is 5. The lowest BCUT2D eigenvalue weighted by Gasteiger charge is -2.32. The maximum Gasteiger partial charge on any atom is 0.425 e. The lowest BCUT2D eigenvalue weighted by Crippen LogP contribution is -2.44. The molecule has 4 aromatic carbocycles. The molecule has 47 heavy (non-hydrogen) atoms. The number of carbonyl (C=O) groups is 1. The van der Waals surface area contributed by atoms with Crippen molar-refractivity contribution in [2.24, 2.45) is 0 Å². The van der Waals surface area contributed by atoms with E-state index < -0.39 is 11.9 Å². The Hall–Kier alpha value is -5.06. The minimum Gasteiger partial charge on any atom is -0.490 e. The molecule has 1 fully saturated rings. The predicted octanol–water partition coefficient (Wildman–Crippen LogP) is 7.48. The van der Waals surface area contributed by atoms with Crippen LogP contribution in [0.4, 0.5) is 32.3 Å². The van der Waals surface area contributed by atoms with Gasteiger partial charge in [-0.05, 0) is 73.5 Å². The van der Waals surface area contributed by atoms with Gasteiger partial charge >= 0.3 is 6.09 Å². The summed E-state index contributed by atoms with van der Waals surface area (Å²) in [4.78, 5) is 29.0. The standard InChI is InChI=1S/C37H39FN6O3/c1-26-8-6-9-27(2)35(26)47-37(45)44(31-14-12-28-10-4-5-11-29(28)24-31)34-16-17-39-36(41-34)40-30-13-15-33(32(38)25-30)46-23-7-18-43-21-19-42(3)20-22-43/h4-6,8-17,24-25H,7,18-23H2,1-3H3,(H,39,40,41). The van der Waals surface area contributed by atoms with Gasteiger partial charge in [-0.25, -0.2) is 19.1 Å². The van der Waals surface area contributed by atoms with E-state index in [0.717, 1.165) is 61.0 Å². The molecule has 0 aliphatic carbocycles. The van der Waals surface area contributed by atoms with Crippen molar-refractivity contribution in [1.29, 1.82) is 0 Å². The van der Waals surface area contributed by atoms with Gasteiger partial charge in [0.05, 0.1) is 12.3 Å². The number of aryl methyl sites for hydroxylation is 2. The molecule has 0 radical (unpaired) electrons. The highest BCUT2D eigenvalue weighted by Gasteiger charge is 2.24. The highest BCUT2D eigenvalue weighted by molar-refractivity contribution is 5.99. The van der Waals surface area contributed by atoms with E-state index in [4.69, 9.17) is 9.47 Å². The van der Waals surface area contributed by atoms with E-state index in [2.05, 4.69) is 32.1 Å². The third kappa shape index (κ3) is 7.85. The number of hydrogen-bond donors (Lipinski definition) is 1. The van der Waals surface area contributed by atoms with Crippen LogP contribution >= 0.6 is 0 Å². The van der Waals surface area contributed by atoms with Crippen molar-refractivity contribution >= 4 is 40.0 Å². The van der Waals surface area contributed by atoms with Crippen LogP contribution in [0.3, 0.4) is 0 Å². The summed E-state index contributed by atoms with van der Waals surface area (Å²) in [5, 5.41) is 5.06. The maximum atomic E-state index is 15.0. The fraction of sp³-hybridized carbons (Fsp3) is 0.270. The number of para-hydroxylation sites is 1. The molecule has 0 unspecified atom stereocenters. The molecule has 242 valence electrons. The first-order valence-corrected chi connectivity index (χ1v) is 15.8. The van der Waals surface area contributed by atoms with Gasteiger partial charge in [-0.2, -0.15) is 4.98 Å². The van der Waals surface area contributed by atoms with Crippen LogP contribution in [0.2, 0.25) is 0 Å². The zero-order chi connectivity index (χ0) is 32.8. The number of carbonyl (C=O) groups excluding carboxylic acids is 1. The summed E-state index contributed by atoms with van der Waals surface area (Å²) < 4.78 is 26.7. The zero-order valence-corrected chi connectivity index (χ0v) is 26.9. The molecule has 1 N–H and O–H groups in total. The first-order chi connectivity index (χ1) is 22.8. The average molecular weight is 635 g/mol. The third-order valence-electron chi connectivity index (χ3n) is 8.30. The fourth-order valence-electron chi connectivity index (χ4n) is 5.64. The number of nitrogens with one attached hydrogen (secondary N) is 1. The summed E-state index contributed by atoms with van der Waals surface area (Å²) >= 11 is 0. The summed E-state index contributed by atoms with van der Waals surface area (Å²) in [5.41, 5.74) is 2.70. The minimum absolute atomic E-state index is 0.188. The van der Waals surface area contributed by atoms with Gasteiger partial charge in [0.1, 0.15) is 11.6 Å². The number of rotatable bonds is 10. The molecule has 0 bridgehead atoms. The van der Waals surface area contributed by atoms with Gasteiger partial charge < -0.3 is 24.6 Å². The van der Waals surface area contributed by atoms with Gasteiger partial charge in [0.2, 0.25) is 5.95 Å². The molecular weight excluding hydrogens is 595 g/mol. The Morgan fingerprint density at radius 2 is 1.68 bits per heavy atom. The number of hydrogen-bond acceptors (Lipinski definition) is 8. The summed E-state index contributed by atoms with van der Waals surface area (Å²) in [6.45, 7) is 9.37. The monoisotopic (exact) mass is 634 g/mol. The van der Waals surface area contributed by atoms with Crippen molar-refractivity contribution in [3.05, 3.63) is 108 Å². The number of anilines is 4. The van der Waals surface area contributed by atoms with Crippen LogP contribution in [0.25, 0.3) is 10.8 Å². The zero-order valence-electron chi connectivity index (χ0n) is 26.9. The van der Waals surface area contributed by atoms with Crippen LogP contribution in [0.1, 0.15) is 17.5 Å². The van der Waals surface area contributed by atoms with Crippen molar-refractivity contribution in [2.45, 2.75) is 20.3 Å². The van der Waals surface area contributed by atoms with Crippen LogP contribution in [-0.2, 0) is 0 Å². The van der Waals surface area contributed by atoms with Crippen LogP contribution in [0.15, 0.2) is 91.1 Å². The Kier molecular flexibility index (Phi) is 9.89. The average Bonchev–Trinajstić information content (AvgIpc) is 3.07. The van der Waals surface area contributed by atoms with Gasteiger partial charge in [0, 0.05) is 56.7 Å². The maximum absolute atomic E-state index is 15.0. The first kappa shape index (κ1) is 31.9. The summed E-state index contributed by atoms with van der Waals surface area (Å²) in [7, 11) is 2.13. The van der Waals surface area contributed by atoms with Crippen molar-refractivity contribution < 1.29 is 18.7 Å². The number of aromatic nitrogens is 2. The molecule has 2 heterocycles. The fourth-order valence-corrected chi connectivity index (χ4v) is 5.64. The molecule has 1 aromatic heterocycles. The molecule has 6 rings (SSSR count). The topological polar surface area (TPSA) is 83.1 Å². The number of ether oxygens (including phenoxy) is 2. The minimum atomic E-state index is -0.623. The van der Waals surface area contributed by atoms with E-state index in [1.54, 1.807) is 24.4 Å². The second-order valence-corrected chi connectivity index (χ2v) is 11.8. The van der Waals surface area contributed by atoms with Crippen molar-refractivity contribution in [3.8, 4) is 11.5 Å². The van der Waals surface area contributed by atoms with E-state index in [1.165, 1.54) is 11.0 Å². The number of likely N-dealkylation sites (N-methyl/N-ethyl adjacent to an activating group) is 1. The second-order valence-electron chi connectivity index (χ2n) is 11.8. The molecule has 0 spiro atoms. The molecule has 1 saturated heterocycles. The predicted molar refractivity (Wildman–Crippen MR) is 184 cm³/mol. The van der Waals surface area contributed by atoms with E-state index in [-0.39, 0.29) is 17.5 Å².